The molecule has 3 heterocycles. The van der Waals surface area contributed by atoms with Crippen molar-refractivity contribution < 1.29 is 9.21 Å². The van der Waals surface area contributed by atoms with Gasteiger partial charge >= 0.3 is 0 Å². The molecule has 4 aromatic rings. The van der Waals surface area contributed by atoms with Crippen LogP contribution in [0.25, 0.3) is 27.8 Å². The van der Waals surface area contributed by atoms with E-state index in [1.807, 2.05) is 28.8 Å². The van der Waals surface area contributed by atoms with Crippen LogP contribution in [-0.4, -0.2) is 10.7 Å². The molecule has 3 nitrogen and oxygen atoms in total. The van der Waals surface area contributed by atoms with Crippen molar-refractivity contribution in [1.29, 1.82) is 0 Å². The summed E-state index contributed by atoms with van der Waals surface area (Å²) in [4.78, 5) is 11.7. The fourth-order valence-electron chi connectivity index (χ4n) is 2.97. The van der Waals surface area contributed by atoms with Gasteiger partial charge in [0.25, 0.3) is 0 Å². The number of nitrogens with zero attached hydrogens (tertiary/aromatic N) is 1. The van der Waals surface area contributed by atoms with Gasteiger partial charge in [-0.3, -0.25) is 4.79 Å². The number of aldehydes is 1. The van der Waals surface area contributed by atoms with Crippen molar-refractivity contribution in [1.82, 2.24) is 4.40 Å². The third kappa shape index (κ3) is 2.32. The van der Waals surface area contributed by atoms with E-state index in [0.29, 0.717) is 27.1 Å². The van der Waals surface area contributed by atoms with Crippen LogP contribution in [0.15, 0.2) is 47.0 Å². The first kappa shape index (κ1) is 15.3. The molecule has 0 aliphatic heterocycles. The molecule has 1 aromatic carbocycles. The second-order valence-corrected chi connectivity index (χ2v) is 6.51. The van der Waals surface area contributed by atoms with Gasteiger partial charge in [-0.05, 0) is 42.3 Å². The Morgan fingerprint density at radius 2 is 2.00 bits per heavy atom. The summed E-state index contributed by atoms with van der Waals surface area (Å²) in [7, 11) is 0. The Kier molecular flexibility index (Phi) is 3.63. The maximum Gasteiger partial charge on any atom is 0.167 e. The minimum atomic E-state index is 0.452. The lowest BCUT2D eigenvalue weighted by Gasteiger charge is -2.01. The Bertz CT molecular complexity index is 1090. The molecule has 0 amide bonds. The number of carbonyl (C=O) groups is 1. The van der Waals surface area contributed by atoms with Crippen LogP contribution in [0.2, 0.25) is 10.0 Å². The van der Waals surface area contributed by atoms with Gasteiger partial charge in [-0.2, -0.15) is 0 Å². The molecule has 0 saturated heterocycles. The van der Waals surface area contributed by atoms with Gasteiger partial charge in [0.2, 0.25) is 0 Å². The summed E-state index contributed by atoms with van der Waals surface area (Å²) in [6, 6.07) is 11.3. The Morgan fingerprint density at radius 3 is 2.75 bits per heavy atom. The summed E-state index contributed by atoms with van der Waals surface area (Å²) in [6.07, 6.45) is 3.74. The fraction of sp³-hybridized carbons (Fsp3) is 0.105. The van der Waals surface area contributed by atoms with Gasteiger partial charge in [0.1, 0.15) is 5.76 Å². The van der Waals surface area contributed by atoms with Crippen molar-refractivity contribution in [3.63, 3.8) is 0 Å². The SMILES string of the molecule is CCc1ccc2cc(-c3cc4cc(Cl)cc(Cl)c4o3)c(C=O)n2c1. The molecule has 0 spiro atoms. The lowest BCUT2D eigenvalue weighted by Crippen LogP contribution is -1.94. The average Bonchev–Trinajstić information content (AvgIpc) is 3.14. The van der Waals surface area contributed by atoms with Gasteiger partial charge in [0, 0.05) is 27.7 Å². The number of carbonyl (C=O) groups excluding carboxylic acids is 1. The quantitative estimate of drug-likeness (QED) is 0.419. The molecular formula is C19H13Cl2NO2. The fourth-order valence-corrected chi connectivity index (χ4v) is 3.52. The Hall–Kier alpha value is -2.23. The van der Waals surface area contributed by atoms with Crippen molar-refractivity contribution in [2.45, 2.75) is 13.3 Å². The van der Waals surface area contributed by atoms with E-state index in [1.54, 1.807) is 12.1 Å². The molecule has 0 aliphatic rings. The van der Waals surface area contributed by atoms with Gasteiger partial charge in [0.15, 0.2) is 11.9 Å². The van der Waals surface area contributed by atoms with Gasteiger partial charge in [0.05, 0.1) is 10.7 Å². The van der Waals surface area contributed by atoms with Crippen LogP contribution in [0.3, 0.4) is 0 Å². The van der Waals surface area contributed by atoms with E-state index in [0.717, 1.165) is 34.7 Å². The van der Waals surface area contributed by atoms with Crippen LogP contribution >= 0.6 is 23.2 Å². The molecule has 0 N–H and O–H groups in total. The Morgan fingerprint density at radius 1 is 1.17 bits per heavy atom. The van der Waals surface area contributed by atoms with Crippen LogP contribution in [0.4, 0.5) is 0 Å². The second-order valence-electron chi connectivity index (χ2n) is 5.66. The summed E-state index contributed by atoms with van der Waals surface area (Å²) in [5.74, 6) is 0.595. The van der Waals surface area contributed by atoms with Crippen LogP contribution in [0.5, 0.6) is 0 Å². The highest BCUT2D eigenvalue weighted by molar-refractivity contribution is 6.38. The van der Waals surface area contributed by atoms with Crippen LogP contribution in [0.1, 0.15) is 23.0 Å². The number of furan rings is 1. The summed E-state index contributed by atoms with van der Waals surface area (Å²) in [5, 5.41) is 1.81. The standard InChI is InChI=1S/C19H13Cl2NO2/c1-2-11-3-4-14-8-15(17(10-23)22(14)9-11)18-6-12-5-13(20)7-16(21)19(12)24-18/h3-10H,2H2,1H3. The smallest absolute Gasteiger partial charge is 0.167 e. The van der Waals surface area contributed by atoms with Gasteiger partial charge in [-0.25, -0.2) is 0 Å². The number of rotatable bonds is 3. The van der Waals surface area contributed by atoms with Crippen molar-refractivity contribution in [3.8, 4) is 11.3 Å². The second kappa shape index (κ2) is 5.69. The van der Waals surface area contributed by atoms with Gasteiger partial charge < -0.3 is 8.82 Å². The monoisotopic (exact) mass is 357 g/mol. The molecule has 5 heteroatoms. The number of pyridine rings is 1. The normalized spacial score (nSPS) is 11.5. The predicted molar refractivity (Wildman–Crippen MR) is 97.4 cm³/mol. The minimum Gasteiger partial charge on any atom is -0.454 e. The maximum atomic E-state index is 11.7. The van der Waals surface area contributed by atoms with Crippen LogP contribution in [0, 0.1) is 0 Å². The maximum absolute atomic E-state index is 11.7. The Balaban J connectivity index is 1.99. The average molecular weight is 358 g/mol. The van der Waals surface area contributed by atoms with E-state index in [-0.39, 0.29) is 0 Å². The first-order valence-electron chi connectivity index (χ1n) is 7.59. The topological polar surface area (TPSA) is 34.6 Å². The summed E-state index contributed by atoms with van der Waals surface area (Å²) in [5.41, 5.74) is 3.96. The molecule has 0 atom stereocenters. The third-order valence-corrected chi connectivity index (χ3v) is 4.69. The van der Waals surface area contributed by atoms with Crippen LogP contribution in [-0.2, 0) is 6.42 Å². The number of fused-ring (bicyclic) bond motifs is 2. The molecule has 0 radical (unpaired) electrons. The van der Waals surface area contributed by atoms with E-state index in [9.17, 15) is 4.79 Å². The molecular weight excluding hydrogens is 345 g/mol. The first-order chi connectivity index (χ1) is 11.6. The highest BCUT2D eigenvalue weighted by atomic mass is 35.5. The highest BCUT2D eigenvalue weighted by Crippen LogP contribution is 2.36. The zero-order valence-electron chi connectivity index (χ0n) is 12.8. The number of aromatic nitrogens is 1. The van der Waals surface area contributed by atoms with E-state index in [1.165, 1.54) is 0 Å². The molecule has 0 fully saturated rings. The van der Waals surface area contributed by atoms with Crippen molar-refractivity contribution in [3.05, 3.63) is 63.9 Å². The molecule has 0 saturated carbocycles. The number of aryl methyl sites for hydroxylation is 1. The minimum absolute atomic E-state index is 0.452. The molecule has 0 unspecified atom stereocenters. The first-order valence-corrected chi connectivity index (χ1v) is 8.34. The molecule has 0 bridgehead atoms. The molecule has 120 valence electrons. The zero-order valence-corrected chi connectivity index (χ0v) is 14.4. The Labute approximate surface area is 148 Å². The van der Waals surface area contributed by atoms with E-state index < -0.39 is 0 Å². The summed E-state index contributed by atoms with van der Waals surface area (Å²) >= 11 is 12.3. The number of halogens is 2. The molecule has 0 aliphatic carbocycles. The zero-order chi connectivity index (χ0) is 16.8. The van der Waals surface area contributed by atoms with E-state index in [2.05, 4.69) is 13.0 Å². The number of benzene rings is 1. The molecule has 4 rings (SSSR count). The largest absolute Gasteiger partial charge is 0.454 e. The van der Waals surface area contributed by atoms with Crippen molar-refractivity contribution in [2.24, 2.45) is 0 Å². The third-order valence-electron chi connectivity index (χ3n) is 4.19. The van der Waals surface area contributed by atoms with Gasteiger partial charge in [-0.1, -0.05) is 36.2 Å². The molecule has 3 aromatic heterocycles. The van der Waals surface area contributed by atoms with Crippen LogP contribution < -0.4 is 0 Å². The molecule has 24 heavy (non-hydrogen) atoms. The summed E-state index contributed by atoms with van der Waals surface area (Å²) in [6.45, 7) is 2.08. The lowest BCUT2D eigenvalue weighted by atomic mass is 10.2. The predicted octanol–water partition coefficient (Wildman–Crippen LogP) is 6.03. The van der Waals surface area contributed by atoms with Gasteiger partial charge in [-0.15, -0.1) is 0 Å². The summed E-state index contributed by atoms with van der Waals surface area (Å²) < 4.78 is 7.80. The van der Waals surface area contributed by atoms with Crippen molar-refractivity contribution >= 4 is 46.0 Å². The lowest BCUT2D eigenvalue weighted by molar-refractivity contribution is 0.111. The number of hydrogen-bond donors (Lipinski definition) is 0. The highest BCUT2D eigenvalue weighted by Gasteiger charge is 2.17. The van der Waals surface area contributed by atoms with E-state index >= 15 is 0 Å². The van der Waals surface area contributed by atoms with Crippen molar-refractivity contribution in [2.75, 3.05) is 0 Å². The van der Waals surface area contributed by atoms with E-state index in [4.69, 9.17) is 27.6 Å². The number of hydrogen-bond acceptors (Lipinski definition) is 2.